The number of ether oxygens (including phenoxy) is 2. The van der Waals surface area contributed by atoms with Gasteiger partial charge in [-0.1, -0.05) is 0 Å². The minimum absolute atomic E-state index is 0.219. The average molecular weight is 237 g/mol. The fraction of sp³-hybridized carbons (Fsp3) is 0.538. The summed E-state index contributed by atoms with van der Waals surface area (Å²) in [5.74, 6) is 1.46. The van der Waals surface area contributed by atoms with Crippen LogP contribution in [-0.4, -0.2) is 25.9 Å². The van der Waals surface area contributed by atoms with Crippen LogP contribution in [0.4, 0.5) is 0 Å². The molecule has 0 saturated heterocycles. The molecule has 4 heteroatoms. The van der Waals surface area contributed by atoms with Gasteiger partial charge in [-0.15, -0.1) is 0 Å². The van der Waals surface area contributed by atoms with E-state index in [1.54, 1.807) is 14.2 Å². The highest BCUT2D eigenvalue weighted by atomic mass is 16.5. The Bertz CT molecular complexity index is 419. The summed E-state index contributed by atoms with van der Waals surface area (Å²) in [6.45, 7) is 0.219. The van der Waals surface area contributed by atoms with Gasteiger partial charge in [-0.2, -0.15) is 0 Å². The minimum atomic E-state index is -0.949. The van der Waals surface area contributed by atoms with Crippen molar-refractivity contribution in [3.8, 4) is 11.5 Å². The number of methoxy groups -OCH3 is 2. The molecule has 0 bridgehead atoms. The first kappa shape index (κ1) is 12.2. The molecule has 4 nitrogen and oxygen atoms in total. The molecule has 1 aliphatic rings. The van der Waals surface area contributed by atoms with Crippen LogP contribution in [0.2, 0.25) is 0 Å². The quantitative estimate of drug-likeness (QED) is 0.828. The zero-order chi connectivity index (χ0) is 12.5. The van der Waals surface area contributed by atoms with E-state index in [9.17, 15) is 5.11 Å². The zero-order valence-corrected chi connectivity index (χ0v) is 10.3. The molecule has 94 valence electrons. The molecule has 1 aliphatic carbocycles. The van der Waals surface area contributed by atoms with E-state index in [2.05, 4.69) is 0 Å². The molecular weight excluding hydrogens is 218 g/mol. The minimum Gasteiger partial charge on any atom is -0.497 e. The monoisotopic (exact) mass is 237 g/mol. The van der Waals surface area contributed by atoms with Gasteiger partial charge in [0.1, 0.15) is 17.1 Å². The Kier molecular flexibility index (Phi) is 3.26. The largest absolute Gasteiger partial charge is 0.497 e. The first-order chi connectivity index (χ1) is 8.14. The lowest BCUT2D eigenvalue weighted by atomic mass is 9.78. The molecule has 1 aromatic carbocycles. The molecule has 0 spiro atoms. The van der Waals surface area contributed by atoms with Gasteiger partial charge in [-0.3, -0.25) is 0 Å². The van der Waals surface area contributed by atoms with Crippen molar-refractivity contribution in [3.05, 3.63) is 23.3 Å². The van der Waals surface area contributed by atoms with E-state index < -0.39 is 5.60 Å². The molecular formula is C13H19NO3. The summed E-state index contributed by atoms with van der Waals surface area (Å²) in [5.41, 5.74) is 6.65. The molecule has 17 heavy (non-hydrogen) atoms. The van der Waals surface area contributed by atoms with Crippen molar-refractivity contribution in [2.45, 2.75) is 24.9 Å². The summed E-state index contributed by atoms with van der Waals surface area (Å²) < 4.78 is 10.6. The maximum atomic E-state index is 10.5. The lowest BCUT2D eigenvalue weighted by Gasteiger charge is -2.34. The number of benzene rings is 1. The Morgan fingerprint density at radius 3 is 2.71 bits per heavy atom. The van der Waals surface area contributed by atoms with Crippen LogP contribution in [0.1, 0.15) is 24.0 Å². The molecule has 1 atom stereocenters. The van der Waals surface area contributed by atoms with E-state index >= 15 is 0 Å². The molecule has 1 aromatic rings. The second-order valence-corrected chi connectivity index (χ2v) is 4.45. The third-order valence-electron chi connectivity index (χ3n) is 3.49. The van der Waals surface area contributed by atoms with Crippen molar-refractivity contribution in [1.82, 2.24) is 0 Å². The standard InChI is InChI=1S/C13H19NO3/c1-16-9-6-11-10(12(7-9)17-2)4-3-5-13(11,15)8-14/h6-7,15H,3-5,8,14H2,1-2H3. The second-order valence-electron chi connectivity index (χ2n) is 4.45. The number of rotatable bonds is 3. The third-order valence-corrected chi connectivity index (χ3v) is 3.49. The van der Waals surface area contributed by atoms with Gasteiger partial charge in [-0.25, -0.2) is 0 Å². The van der Waals surface area contributed by atoms with E-state index in [-0.39, 0.29) is 6.54 Å². The molecule has 0 aromatic heterocycles. The summed E-state index contributed by atoms with van der Waals surface area (Å²) in [4.78, 5) is 0. The molecule has 3 N–H and O–H groups in total. The summed E-state index contributed by atoms with van der Waals surface area (Å²) in [6.07, 6.45) is 2.51. The maximum absolute atomic E-state index is 10.5. The Balaban J connectivity index is 2.59. The van der Waals surface area contributed by atoms with Crippen molar-refractivity contribution >= 4 is 0 Å². The van der Waals surface area contributed by atoms with Crippen LogP contribution < -0.4 is 15.2 Å². The van der Waals surface area contributed by atoms with E-state index in [1.165, 1.54) is 0 Å². The van der Waals surface area contributed by atoms with Gasteiger partial charge in [0.05, 0.1) is 14.2 Å². The Hall–Kier alpha value is -1.26. The summed E-state index contributed by atoms with van der Waals surface area (Å²) in [6, 6.07) is 3.71. The first-order valence-electron chi connectivity index (χ1n) is 5.82. The summed E-state index contributed by atoms with van der Waals surface area (Å²) in [5, 5.41) is 10.5. The third kappa shape index (κ3) is 1.98. The Labute approximate surface area is 101 Å². The predicted molar refractivity (Wildman–Crippen MR) is 65.4 cm³/mol. The lowest BCUT2D eigenvalue weighted by molar-refractivity contribution is 0.0273. The van der Waals surface area contributed by atoms with Gasteiger partial charge in [0.25, 0.3) is 0 Å². The highest BCUT2D eigenvalue weighted by Gasteiger charge is 2.35. The van der Waals surface area contributed by atoms with Crippen LogP contribution >= 0.6 is 0 Å². The van der Waals surface area contributed by atoms with Crippen molar-refractivity contribution in [2.75, 3.05) is 20.8 Å². The van der Waals surface area contributed by atoms with Gasteiger partial charge in [0.2, 0.25) is 0 Å². The number of hydrogen-bond donors (Lipinski definition) is 2. The smallest absolute Gasteiger partial charge is 0.126 e. The van der Waals surface area contributed by atoms with Crippen molar-refractivity contribution in [3.63, 3.8) is 0 Å². The molecule has 1 unspecified atom stereocenters. The van der Waals surface area contributed by atoms with E-state index in [4.69, 9.17) is 15.2 Å². The zero-order valence-electron chi connectivity index (χ0n) is 10.3. The highest BCUT2D eigenvalue weighted by Crippen LogP contribution is 2.41. The predicted octanol–water partition coefficient (Wildman–Crippen LogP) is 1.19. The van der Waals surface area contributed by atoms with Crippen LogP contribution in [0.5, 0.6) is 11.5 Å². The molecule has 0 heterocycles. The van der Waals surface area contributed by atoms with Gasteiger partial charge in [0, 0.05) is 18.2 Å². The second kappa shape index (κ2) is 4.55. The SMILES string of the molecule is COc1cc(OC)c2c(c1)C(O)(CN)CCC2. The van der Waals surface area contributed by atoms with Crippen molar-refractivity contribution in [1.29, 1.82) is 0 Å². The fourth-order valence-corrected chi connectivity index (χ4v) is 2.50. The Morgan fingerprint density at radius 1 is 1.35 bits per heavy atom. The van der Waals surface area contributed by atoms with Crippen LogP contribution in [0, 0.1) is 0 Å². The van der Waals surface area contributed by atoms with E-state index in [1.807, 2.05) is 12.1 Å². The van der Waals surface area contributed by atoms with E-state index in [0.29, 0.717) is 12.2 Å². The van der Waals surface area contributed by atoms with Crippen molar-refractivity contribution in [2.24, 2.45) is 5.73 Å². The van der Waals surface area contributed by atoms with Gasteiger partial charge < -0.3 is 20.3 Å². The highest BCUT2D eigenvalue weighted by molar-refractivity contribution is 5.50. The fourth-order valence-electron chi connectivity index (χ4n) is 2.50. The number of nitrogens with two attached hydrogens (primary N) is 1. The summed E-state index contributed by atoms with van der Waals surface area (Å²) in [7, 11) is 3.23. The Morgan fingerprint density at radius 2 is 2.12 bits per heavy atom. The first-order valence-corrected chi connectivity index (χ1v) is 5.82. The molecule has 0 amide bonds. The van der Waals surface area contributed by atoms with E-state index in [0.717, 1.165) is 29.7 Å². The summed E-state index contributed by atoms with van der Waals surface area (Å²) >= 11 is 0. The van der Waals surface area contributed by atoms with Crippen LogP contribution in [-0.2, 0) is 12.0 Å². The van der Waals surface area contributed by atoms with Crippen molar-refractivity contribution < 1.29 is 14.6 Å². The number of aliphatic hydroxyl groups is 1. The van der Waals surface area contributed by atoms with Gasteiger partial charge in [-0.05, 0) is 30.9 Å². The van der Waals surface area contributed by atoms with Crippen LogP contribution in [0.15, 0.2) is 12.1 Å². The topological polar surface area (TPSA) is 64.7 Å². The molecule has 2 rings (SSSR count). The molecule has 0 saturated carbocycles. The van der Waals surface area contributed by atoms with Gasteiger partial charge in [0.15, 0.2) is 0 Å². The molecule has 0 radical (unpaired) electrons. The lowest BCUT2D eigenvalue weighted by Crippen LogP contribution is -2.38. The molecule has 0 aliphatic heterocycles. The van der Waals surface area contributed by atoms with Gasteiger partial charge >= 0.3 is 0 Å². The number of fused-ring (bicyclic) bond motifs is 1. The number of hydrogen-bond acceptors (Lipinski definition) is 4. The average Bonchev–Trinajstić information content (AvgIpc) is 2.38. The molecule has 0 fully saturated rings. The van der Waals surface area contributed by atoms with Crippen LogP contribution in [0.3, 0.4) is 0 Å². The maximum Gasteiger partial charge on any atom is 0.126 e. The normalized spacial score (nSPS) is 23.1. The van der Waals surface area contributed by atoms with Crippen LogP contribution in [0.25, 0.3) is 0 Å².